The van der Waals surface area contributed by atoms with Crippen molar-refractivity contribution in [3.05, 3.63) is 55.6 Å². The summed E-state index contributed by atoms with van der Waals surface area (Å²) in [6, 6.07) is 9.00. The number of anilines is 1. The molecule has 3 amide bonds. The fraction of sp³-hybridized carbons (Fsp3) is 0.618. The zero-order valence-corrected chi connectivity index (χ0v) is 26.3. The Hall–Kier alpha value is -2.58. The van der Waals surface area contributed by atoms with E-state index in [0.717, 1.165) is 63.5 Å². The number of amides is 3. The van der Waals surface area contributed by atoms with Crippen LogP contribution in [0.3, 0.4) is 0 Å². The van der Waals surface area contributed by atoms with Crippen LogP contribution in [-0.4, -0.2) is 80.9 Å². The van der Waals surface area contributed by atoms with Gasteiger partial charge in [-0.25, -0.2) is 0 Å². The molecule has 2 bridgehead atoms. The number of benzene rings is 1. The first-order valence-corrected chi connectivity index (χ1v) is 16.6. The lowest BCUT2D eigenvalue weighted by atomic mass is 9.66. The maximum atomic E-state index is 14.5. The van der Waals surface area contributed by atoms with Crippen LogP contribution in [0.25, 0.3) is 0 Å². The van der Waals surface area contributed by atoms with E-state index in [1.807, 2.05) is 40.1 Å². The highest BCUT2D eigenvalue weighted by Gasteiger charge is 2.77. The van der Waals surface area contributed by atoms with E-state index < -0.39 is 27.4 Å². The van der Waals surface area contributed by atoms with E-state index in [0.29, 0.717) is 26.2 Å². The monoisotopic (exact) mass is 595 g/mol. The van der Waals surface area contributed by atoms with Crippen molar-refractivity contribution in [3.8, 4) is 0 Å². The molecule has 1 N–H and O–H groups in total. The molecule has 1 spiro atoms. The SMILES string of the molecule is C=CCN(CCCCC)C(=O)C1N(CCCCCCO)C(=O)[C@@H]2[C@H](C(=O)N(CC=C)c3ccccc3)[C@]3(C)CCC12S3. The van der Waals surface area contributed by atoms with Crippen molar-refractivity contribution < 1.29 is 19.5 Å². The molecule has 1 aromatic rings. The number of aliphatic hydroxyl groups excluding tert-OH is 1. The van der Waals surface area contributed by atoms with E-state index in [1.165, 1.54) is 0 Å². The summed E-state index contributed by atoms with van der Waals surface area (Å²) in [5, 5.41) is 9.22. The molecule has 2 unspecified atom stereocenters. The minimum absolute atomic E-state index is 0.00642. The van der Waals surface area contributed by atoms with Crippen LogP contribution < -0.4 is 4.90 Å². The summed E-state index contributed by atoms with van der Waals surface area (Å²) in [7, 11) is 0. The molecule has 7 nitrogen and oxygen atoms in total. The second-order valence-electron chi connectivity index (χ2n) is 12.3. The van der Waals surface area contributed by atoms with Gasteiger partial charge in [-0.3, -0.25) is 14.4 Å². The van der Waals surface area contributed by atoms with Crippen molar-refractivity contribution in [2.75, 3.05) is 37.7 Å². The van der Waals surface area contributed by atoms with Crippen molar-refractivity contribution in [1.82, 2.24) is 9.80 Å². The minimum Gasteiger partial charge on any atom is -0.396 e. The van der Waals surface area contributed by atoms with Gasteiger partial charge in [0.25, 0.3) is 0 Å². The maximum Gasteiger partial charge on any atom is 0.247 e. The first kappa shape index (κ1) is 32.3. The van der Waals surface area contributed by atoms with Gasteiger partial charge < -0.3 is 19.8 Å². The van der Waals surface area contributed by atoms with Crippen molar-refractivity contribution in [3.63, 3.8) is 0 Å². The minimum atomic E-state index is -0.630. The molecule has 3 fully saturated rings. The highest BCUT2D eigenvalue weighted by molar-refractivity contribution is 8.02. The average Bonchev–Trinajstić information content (AvgIpc) is 3.55. The Bertz CT molecular complexity index is 1130. The standard InChI is InChI=1S/C34H49N3O4S/c1-5-8-14-23-35(21-6-2)32(41)29-34-20-19-33(4,42-34)27(28(34)31(40)37(29)24-15-9-10-16-25-38)30(39)36(22-7-3)26-17-12-11-13-18-26/h6-7,11-13,17-18,27-29,38H,2-3,5,8-10,14-16,19-25H2,1,4H3/t27-,28+,29?,33+,34?/m1/s1. The first-order chi connectivity index (χ1) is 20.3. The fourth-order valence-corrected chi connectivity index (χ4v) is 9.81. The number of fused-ring (bicyclic) bond motifs is 1. The number of hydrogen-bond acceptors (Lipinski definition) is 5. The Morgan fingerprint density at radius 3 is 2.40 bits per heavy atom. The fourth-order valence-electron chi connectivity index (χ4n) is 7.47. The molecule has 3 heterocycles. The van der Waals surface area contributed by atoms with Crippen LogP contribution in [-0.2, 0) is 14.4 Å². The zero-order chi connectivity index (χ0) is 30.3. The number of aliphatic hydroxyl groups is 1. The molecule has 3 aliphatic heterocycles. The zero-order valence-electron chi connectivity index (χ0n) is 25.5. The summed E-state index contributed by atoms with van der Waals surface area (Å²) >= 11 is 1.73. The van der Waals surface area contributed by atoms with Gasteiger partial charge in [-0.1, -0.05) is 63.0 Å². The van der Waals surface area contributed by atoms with Gasteiger partial charge in [0.15, 0.2) is 0 Å². The number of carbonyl (C=O) groups excluding carboxylic acids is 3. The Morgan fingerprint density at radius 2 is 1.74 bits per heavy atom. The molecule has 3 saturated heterocycles. The Kier molecular flexibility index (Phi) is 11.0. The van der Waals surface area contributed by atoms with E-state index in [2.05, 4.69) is 27.0 Å². The summed E-state index contributed by atoms with van der Waals surface area (Å²) in [6.07, 6.45) is 11.3. The largest absolute Gasteiger partial charge is 0.396 e. The van der Waals surface area contributed by atoms with Crippen LogP contribution in [0.15, 0.2) is 55.6 Å². The van der Waals surface area contributed by atoms with Crippen molar-refractivity contribution >= 4 is 35.2 Å². The van der Waals surface area contributed by atoms with E-state index in [1.54, 1.807) is 28.8 Å². The lowest BCUT2D eigenvalue weighted by molar-refractivity contribution is -0.143. The Balaban J connectivity index is 1.71. The summed E-state index contributed by atoms with van der Waals surface area (Å²) in [5.74, 6) is -1.18. The second-order valence-corrected chi connectivity index (χ2v) is 14.1. The molecule has 1 aromatic carbocycles. The molecule has 0 aliphatic carbocycles. The highest BCUT2D eigenvalue weighted by atomic mass is 32.2. The van der Waals surface area contributed by atoms with Gasteiger partial charge in [-0.15, -0.1) is 24.9 Å². The van der Waals surface area contributed by atoms with Gasteiger partial charge in [0.05, 0.1) is 16.6 Å². The molecular weight excluding hydrogens is 546 g/mol. The van der Waals surface area contributed by atoms with Crippen LogP contribution in [0.5, 0.6) is 0 Å². The summed E-state index contributed by atoms with van der Waals surface area (Å²) in [4.78, 5) is 49.0. The van der Waals surface area contributed by atoms with Gasteiger partial charge in [0, 0.05) is 43.2 Å². The second kappa shape index (κ2) is 14.3. The molecule has 42 heavy (non-hydrogen) atoms. The van der Waals surface area contributed by atoms with Crippen LogP contribution >= 0.6 is 11.8 Å². The Labute approximate surface area is 256 Å². The van der Waals surface area contributed by atoms with Crippen LogP contribution in [0.2, 0.25) is 0 Å². The van der Waals surface area contributed by atoms with Crippen molar-refractivity contribution in [2.24, 2.45) is 11.8 Å². The van der Waals surface area contributed by atoms with Crippen LogP contribution in [0, 0.1) is 11.8 Å². The highest BCUT2D eigenvalue weighted by Crippen LogP contribution is 2.71. The van der Waals surface area contributed by atoms with E-state index in [9.17, 15) is 19.5 Å². The first-order valence-electron chi connectivity index (χ1n) is 15.8. The van der Waals surface area contributed by atoms with Gasteiger partial charge in [0.1, 0.15) is 6.04 Å². The molecule has 4 rings (SSSR count). The normalized spacial score (nSPS) is 27.6. The van der Waals surface area contributed by atoms with Crippen molar-refractivity contribution in [2.45, 2.75) is 87.2 Å². The van der Waals surface area contributed by atoms with Gasteiger partial charge >= 0.3 is 0 Å². The third kappa shape index (κ3) is 6.07. The number of unbranched alkanes of at least 4 members (excludes halogenated alkanes) is 5. The predicted molar refractivity (Wildman–Crippen MR) is 171 cm³/mol. The third-order valence-electron chi connectivity index (χ3n) is 9.42. The van der Waals surface area contributed by atoms with E-state index in [-0.39, 0.29) is 24.3 Å². The third-order valence-corrected chi connectivity index (χ3v) is 11.4. The van der Waals surface area contributed by atoms with Crippen LogP contribution in [0.1, 0.15) is 71.6 Å². The summed E-state index contributed by atoms with van der Waals surface area (Å²) < 4.78 is -1.06. The molecular formula is C34H49N3O4S. The molecule has 0 saturated carbocycles. The number of carbonyl (C=O) groups is 3. The Morgan fingerprint density at radius 1 is 1.02 bits per heavy atom. The van der Waals surface area contributed by atoms with Crippen LogP contribution in [0.4, 0.5) is 5.69 Å². The van der Waals surface area contributed by atoms with Gasteiger partial charge in [-0.05, 0) is 51.2 Å². The number of para-hydroxylation sites is 1. The maximum absolute atomic E-state index is 14.5. The number of hydrogen-bond donors (Lipinski definition) is 1. The molecule has 5 atom stereocenters. The predicted octanol–water partition coefficient (Wildman–Crippen LogP) is 5.44. The average molecular weight is 596 g/mol. The number of nitrogens with zero attached hydrogens (tertiary/aromatic N) is 3. The molecule has 3 aliphatic rings. The molecule has 8 heteroatoms. The molecule has 230 valence electrons. The van der Waals surface area contributed by atoms with Gasteiger partial charge in [0.2, 0.25) is 17.7 Å². The number of thioether (sulfide) groups is 1. The smallest absolute Gasteiger partial charge is 0.247 e. The lowest BCUT2D eigenvalue weighted by Gasteiger charge is -2.38. The quantitative estimate of drug-likeness (QED) is 0.192. The summed E-state index contributed by atoms with van der Waals surface area (Å²) in [5.41, 5.74) is 0.791. The van der Waals surface area contributed by atoms with E-state index >= 15 is 0 Å². The summed E-state index contributed by atoms with van der Waals surface area (Å²) in [6.45, 7) is 14.2. The number of rotatable bonds is 17. The van der Waals surface area contributed by atoms with Crippen molar-refractivity contribution in [1.29, 1.82) is 0 Å². The lowest BCUT2D eigenvalue weighted by Crippen LogP contribution is -2.55. The number of likely N-dealkylation sites (tertiary alicyclic amines) is 1. The topological polar surface area (TPSA) is 81.2 Å². The van der Waals surface area contributed by atoms with Gasteiger partial charge in [-0.2, -0.15) is 0 Å². The molecule has 0 aromatic heterocycles. The van der Waals surface area contributed by atoms with E-state index in [4.69, 9.17) is 0 Å². The molecule has 0 radical (unpaired) electrons.